The fourth-order valence-corrected chi connectivity index (χ4v) is 2.28. The zero-order valence-corrected chi connectivity index (χ0v) is 10.8. The van der Waals surface area contributed by atoms with Crippen molar-refractivity contribution in [3.63, 3.8) is 0 Å². The normalized spacial score (nSPS) is 12.5. The van der Waals surface area contributed by atoms with E-state index in [1.165, 1.54) is 12.1 Å². The average molecular weight is 300 g/mol. The van der Waals surface area contributed by atoms with Gasteiger partial charge in [-0.2, -0.15) is 0 Å². The van der Waals surface area contributed by atoms with Gasteiger partial charge >= 0.3 is 5.97 Å². The Bertz CT molecular complexity index is 399. The molecule has 1 rings (SSSR count). The summed E-state index contributed by atoms with van der Waals surface area (Å²) in [6, 6.07) is 2.87. The summed E-state index contributed by atoms with van der Waals surface area (Å²) >= 11 is 17.5. The molecule has 4 nitrogen and oxygen atoms in total. The molecule has 1 atom stereocenters. The molecule has 1 unspecified atom stereocenters. The van der Waals surface area contributed by atoms with Crippen LogP contribution in [0, 0.1) is 0 Å². The molecule has 1 aromatic carbocycles. The first kappa shape index (κ1) is 14.5. The summed E-state index contributed by atoms with van der Waals surface area (Å²) in [5, 5.41) is 18.9. The van der Waals surface area contributed by atoms with Gasteiger partial charge in [0.05, 0.1) is 6.61 Å². The summed E-state index contributed by atoms with van der Waals surface area (Å²) in [6.07, 6.45) is -1.10. The lowest BCUT2D eigenvalue weighted by atomic mass is 10.1. The highest BCUT2D eigenvalue weighted by atomic mass is 35.5. The van der Waals surface area contributed by atoms with E-state index < -0.39 is 18.7 Å². The molecule has 0 saturated carbocycles. The van der Waals surface area contributed by atoms with Crippen LogP contribution in [-0.2, 0) is 9.53 Å². The lowest BCUT2D eigenvalue weighted by Gasteiger charge is -2.14. The number of ether oxygens (including phenoxy) is 1. The van der Waals surface area contributed by atoms with Crippen molar-refractivity contribution < 1.29 is 19.7 Å². The van der Waals surface area contributed by atoms with Crippen LogP contribution in [0.2, 0.25) is 15.1 Å². The number of aliphatic hydroxyl groups is 1. The number of carboxylic acids is 1. The van der Waals surface area contributed by atoms with Crippen LogP contribution in [0.3, 0.4) is 0 Å². The number of halogens is 3. The van der Waals surface area contributed by atoms with Crippen LogP contribution in [-0.4, -0.2) is 29.4 Å². The zero-order valence-electron chi connectivity index (χ0n) is 8.49. The number of rotatable bonds is 5. The van der Waals surface area contributed by atoms with Crippen molar-refractivity contribution in [2.24, 2.45) is 0 Å². The Morgan fingerprint density at radius 1 is 1.29 bits per heavy atom. The molecule has 0 aliphatic heterocycles. The monoisotopic (exact) mass is 298 g/mol. The number of hydrogen-bond donors (Lipinski definition) is 2. The van der Waals surface area contributed by atoms with Crippen LogP contribution in [0.25, 0.3) is 0 Å². The second kappa shape index (κ2) is 6.42. The number of benzene rings is 1. The third-order valence-corrected chi connectivity index (χ3v) is 2.72. The van der Waals surface area contributed by atoms with Crippen LogP contribution >= 0.6 is 34.8 Å². The second-order valence-corrected chi connectivity index (χ2v) is 4.46. The van der Waals surface area contributed by atoms with Crippen molar-refractivity contribution in [3.05, 3.63) is 32.8 Å². The number of hydrogen-bond acceptors (Lipinski definition) is 3. The molecule has 0 amide bonds. The standard InChI is InChI=1S/C10H9Cl3O4/c11-5-1-6(12)10(7(13)2-5)8(14)3-17-4-9(15)16/h1-2,8,14H,3-4H2,(H,15,16). The lowest BCUT2D eigenvalue weighted by molar-refractivity contribution is -0.143. The zero-order chi connectivity index (χ0) is 13.0. The average Bonchev–Trinajstić information content (AvgIpc) is 2.14. The number of aliphatic hydroxyl groups excluding tert-OH is 1. The fraction of sp³-hybridized carbons (Fsp3) is 0.300. The highest BCUT2D eigenvalue weighted by Gasteiger charge is 2.17. The van der Waals surface area contributed by atoms with E-state index in [0.717, 1.165) is 0 Å². The first-order valence-corrected chi connectivity index (χ1v) is 5.67. The molecule has 94 valence electrons. The van der Waals surface area contributed by atoms with Crippen molar-refractivity contribution in [1.29, 1.82) is 0 Å². The van der Waals surface area contributed by atoms with Gasteiger partial charge in [0.1, 0.15) is 12.7 Å². The third kappa shape index (κ3) is 4.33. The molecule has 0 fully saturated rings. The third-order valence-electron chi connectivity index (χ3n) is 1.88. The minimum absolute atomic E-state index is 0.203. The Labute approximate surface area is 113 Å². The van der Waals surface area contributed by atoms with Gasteiger partial charge in [-0.1, -0.05) is 34.8 Å². The van der Waals surface area contributed by atoms with E-state index in [-0.39, 0.29) is 22.2 Å². The van der Waals surface area contributed by atoms with Crippen LogP contribution in [0.15, 0.2) is 12.1 Å². The Morgan fingerprint density at radius 3 is 2.29 bits per heavy atom. The van der Waals surface area contributed by atoms with E-state index in [1.54, 1.807) is 0 Å². The maximum absolute atomic E-state index is 10.2. The van der Waals surface area contributed by atoms with Gasteiger partial charge in [0.2, 0.25) is 0 Å². The molecule has 7 heteroatoms. The number of carbonyl (C=O) groups is 1. The number of aliphatic carboxylic acids is 1. The van der Waals surface area contributed by atoms with Gasteiger partial charge in [-0.15, -0.1) is 0 Å². The van der Waals surface area contributed by atoms with Crippen molar-refractivity contribution >= 4 is 40.8 Å². The molecule has 0 aliphatic carbocycles. The molecule has 0 bridgehead atoms. The first-order chi connectivity index (χ1) is 7.91. The largest absolute Gasteiger partial charge is 0.480 e. The second-order valence-electron chi connectivity index (χ2n) is 3.21. The Balaban J connectivity index is 2.75. The molecular formula is C10H9Cl3O4. The van der Waals surface area contributed by atoms with Gasteiger partial charge in [-0.25, -0.2) is 4.79 Å². The molecular weight excluding hydrogens is 290 g/mol. The van der Waals surface area contributed by atoms with Gasteiger partial charge in [0.15, 0.2) is 0 Å². The Kier molecular flexibility index (Phi) is 5.49. The van der Waals surface area contributed by atoms with Crippen molar-refractivity contribution in [2.45, 2.75) is 6.10 Å². The van der Waals surface area contributed by atoms with Gasteiger partial charge in [0.25, 0.3) is 0 Å². The van der Waals surface area contributed by atoms with Crippen LogP contribution in [0.4, 0.5) is 0 Å². The Hall–Kier alpha value is -0.520. The van der Waals surface area contributed by atoms with E-state index in [1.807, 2.05) is 0 Å². The molecule has 17 heavy (non-hydrogen) atoms. The SMILES string of the molecule is O=C(O)COCC(O)c1c(Cl)cc(Cl)cc1Cl. The smallest absolute Gasteiger partial charge is 0.329 e. The summed E-state index contributed by atoms with van der Waals surface area (Å²) in [6.45, 7) is -0.715. The van der Waals surface area contributed by atoms with Crippen molar-refractivity contribution in [1.82, 2.24) is 0 Å². The lowest BCUT2D eigenvalue weighted by Crippen LogP contribution is -2.13. The summed E-state index contributed by atoms with van der Waals surface area (Å²) in [4.78, 5) is 10.2. The predicted octanol–water partition coefficient (Wildman–Crippen LogP) is 2.78. The minimum Gasteiger partial charge on any atom is -0.480 e. The van der Waals surface area contributed by atoms with Crippen molar-refractivity contribution in [3.8, 4) is 0 Å². The maximum Gasteiger partial charge on any atom is 0.329 e. The fourth-order valence-electron chi connectivity index (χ4n) is 1.21. The predicted molar refractivity (Wildman–Crippen MR) is 64.9 cm³/mol. The molecule has 0 spiro atoms. The van der Waals surface area contributed by atoms with E-state index >= 15 is 0 Å². The molecule has 2 N–H and O–H groups in total. The molecule has 0 heterocycles. The van der Waals surface area contributed by atoms with Crippen molar-refractivity contribution in [2.75, 3.05) is 13.2 Å². The molecule has 1 aromatic rings. The minimum atomic E-state index is -1.12. The van der Waals surface area contributed by atoms with Gasteiger partial charge in [-0.3, -0.25) is 0 Å². The topological polar surface area (TPSA) is 66.8 Å². The van der Waals surface area contributed by atoms with E-state index in [4.69, 9.17) is 44.6 Å². The summed E-state index contributed by atoms with van der Waals surface area (Å²) in [5.74, 6) is -1.12. The molecule has 0 aliphatic rings. The summed E-state index contributed by atoms with van der Waals surface area (Å²) in [7, 11) is 0. The van der Waals surface area contributed by atoms with Gasteiger partial charge in [-0.05, 0) is 12.1 Å². The first-order valence-electron chi connectivity index (χ1n) is 4.54. The van der Waals surface area contributed by atoms with Crippen LogP contribution < -0.4 is 0 Å². The van der Waals surface area contributed by atoms with E-state index in [9.17, 15) is 9.90 Å². The van der Waals surface area contributed by atoms with E-state index in [2.05, 4.69) is 0 Å². The Morgan fingerprint density at radius 2 is 1.82 bits per heavy atom. The highest BCUT2D eigenvalue weighted by molar-refractivity contribution is 6.39. The van der Waals surface area contributed by atoms with Crippen LogP contribution in [0.1, 0.15) is 11.7 Å². The number of carboxylic acid groups (broad SMARTS) is 1. The molecule has 0 saturated heterocycles. The summed E-state index contributed by atoms with van der Waals surface area (Å²) in [5.41, 5.74) is 0.267. The quantitative estimate of drug-likeness (QED) is 0.877. The molecule has 0 radical (unpaired) electrons. The van der Waals surface area contributed by atoms with Crippen LogP contribution in [0.5, 0.6) is 0 Å². The highest BCUT2D eigenvalue weighted by Crippen LogP contribution is 2.33. The van der Waals surface area contributed by atoms with E-state index in [0.29, 0.717) is 5.02 Å². The van der Waals surface area contributed by atoms with Gasteiger partial charge in [0, 0.05) is 20.6 Å². The molecule has 0 aromatic heterocycles. The summed E-state index contributed by atoms with van der Waals surface area (Å²) < 4.78 is 4.75. The maximum atomic E-state index is 10.2. The van der Waals surface area contributed by atoms with Gasteiger partial charge < -0.3 is 14.9 Å².